The molecule has 1 aliphatic carbocycles. The summed E-state index contributed by atoms with van der Waals surface area (Å²) in [6.45, 7) is 3.84. The van der Waals surface area contributed by atoms with Crippen LogP contribution in [0.5, 0.6) is 0 Å². The molecular weight excluding hydrogens is 206 g/mol. The van der Waals surface area contributed by atoms with Gasteiger partial charge in [0, 0.05) is 13.2 Å². The number of aliphatic carboxylic acids is 1. The Morgan fingerprint density at radius 2 is 2.06 bits per heavy atom. The number of methoxy groups -OCH3 is 1. The summed E-state index contributed by atoms with van der Waals surface area (Å²) in [5, 5.41) is 12.6. The third kappa shape index (κ3) is 2.55. The van der Waals surface area contributed by atoms with Crippen molar-refractivity contribution < 1.29 is 14.6 Å². The number of carbonyl (C=O) groups is 1. The standard InChI is InChI=1S/C12H23NO3/c1-4-12(5-2,11(14)15)13-9-7-6-8-10(9)16-3/h9-10,13H,4-8H2,1-3H3,(H,14,15). The maximum atomic E-state index is 11.4. The molecule has 4 nitrogen and oxygen atoms in total. The number of hydrogen-bond acceptors (Lipinski definition) is 3. The van der Waals surface area contributed by atoms with Gasteiger partial charge in [0.25, 0.3) is 0 Å². The van der Waals surface area contributed by atoms with Gasteiger partial charge in [0.1, 0.15) is 5.54 Å². The molecule has 0 bridgehead atoms. The van der Waals surface area contributed by atoms with E-state index >= 15 is 0 Å². The third-order valence-electron chi connectivity index (χ3n) is 3.83. The van der Waals surface area contributed by atoms with Gasteiger partial charge in [0.05, 0.1) is 6.10 Å². The molecule has 1 fully saturated rings. The number of rotatable bonds is 6. The molecule has 1 saturated carbocycles. The first-order valence-electron chi connectivity index (χ1n) is 6.13. The van der Waals surface area contributed by atoms with E-state index in [1.807, 2.05) is 13.8 Å². The molecule has 0 amide bonds. The van der Waals surface area contributed by atoms with Gasteiger partial charge in [-0.2, -0.15) is 0 Å². The number of nitrogens with one attached hydrogen (secondary N) is 1. The second kappa shape index (κ2) is 5.64. The summed E-state index contributed by atoms with van der Waals surface area (Å²) in [6.07, 6.45) is 4.51. The summed E-state index contributed by atoms with van der Waals surface area (Å²) in [6, 6.07) is 0.181. The van der Waals surface area contributed by atoms with Gasteiger partial charge < -0.3 is 9.84 Å². The van der Waals surface area contributed by atoms with E-state index in [0.29, 0.717) is 12.8 Å². The van der Waals surface area contributed by atoms with E-state index in [4.69, 9.17) is 4.74 Å². The lowest BCUT2D eigenvalue weighted by molar-refractivity contribution is -0.146. The molecular formula is C12H23NO3. The Kier molecular flexibility index (Phi) is 4.74. The lowest BCUT2D eigenvalue weighted by Crippen LogP contribution is -2.57. The second-order valence-electron chi connectivity index (χ2n) is 4.55. The number of carboxylic acid groups (broad SMARTS) is 1. The fourth-order valence-corrected chi connectivity index (χ4v) is 2.55. The smallest absolute Gasteiger partial charge is 0.323 e. The first kappa shape index (κ1) is 13.5. The molecule has 2 unspecified atom stereocenters. The zero-order chi connectivity index (χ0) is 12.2. The van der Waals surface area contributed by atoms with E-state index in [1.54, 1.807) is 7.11 Å². The Morgan fingerprint density at radius 1 is 1.44 bits per heavy atom. The summed E-state index contributed by atoms with van der Waals surface area (Å²) in [5.41, 5.74) is -0.786. The van der Waals surface area contributed by atoms with Gasteiger partial charge in [0.15, 0.2) is 0 Å². The fourth-order valence-electron chi connectivity index (χ4n) is 2.55. The maximum Gasteiger partial charge on any atom is 0.323 e. The van der Waals surface area contributed by atoms with Crippen LogP contribution in [-0.2, 0) is 9.53 Å². The quantitative estimate of drug-likeness (QED) is 0.729. The molecule has 0 aromatic carbocycles. The highest BCUT2D eigenvalue weighted by Gasteiger charge is 2.40. The Morgan fingerprint density at radius 3 is 2.50 bits per heavy atom. The summed E-state index contributed by atoms with van der Waals surface area (Å²) in [5.74, 6) is -0.751. The van der Waals surface area contributed by atoms with Crippen LogP contribution in [0.15, 0.2) is 0 Å². The topological polar surface area (TPSA) is 58.6 Å². The molecule has 0 spiro atoms. The van der Waals surface area contributed by atoms with Crippen molar-refractivity contribution in [2.75, 3.05) is 7.11 Å². The summed E-state index contributed by atoms with van der Waals surface area (Å²) >= 11 is 0. The highest BCUT2D eigenvalue weighted by atomic mass is 16.5. The summed E-state index contributed by atoms with van der Waals surface area (Å²) in [7, 11) is 1.70. The summed E-state index contributed by atoms with van der Waals surface area (Å²) in [4.78, 5) is 11.4. The van der Waals surface area contributed by atoms with Crippen LogP contribution in [0, 0.1) is 0 Å². The Bertz CT molecular complexity index is 238. The van der Waals surface area contributed by atoms with E-state index in [-0.39, 0.29) is 12.1 Å². The monoisotopic (exact) mass is 229 g/mol. The van der Waals surface area contributed by atoms with Crippen LogP contribution in [0.25, 0.3) is 0 Å². The lowest BCUT2D eigenvalue weighted by atomic mass is 9.91. The molecule has 4 heteroatoms. The third-order valence-corrected chi connectivity index (χ3v) is 3.83. The Labute approximate surface area is 97.4 Å². The molecule has 0 heterocycles. The predicted molar refractivity (Wildman–Crippen MR) is 62.5 cm³/mol. The number of hydrogen-bond donors (Lipinski definition) is 2. The van der Waals surface area contributed by atoms with E-state index in [1.165, 1.54) is 0 Å². The van der Waals surface area contributed by atoms with Gasteiger partial charge in [-0.3, -0.25) is 10.1 Å². The fraction of sp³-hybridized carbons (Fsp3) is 0.917. The van der Waals surface area contributed by atoms with E-state index in [2.05, 4.69) is 5.32 Å². The van der Waals surface area contributed by atoms with E-state index < -0.39 is 11.5 Å². The van der Waals surface area contributed by atoms with Gasteiger partial charge >= 0.3 is 5.97 Å². The van der Waals surface area contributed by atoms with Crippen LogP contribution in [-0.4, -0.2) is 35.9 Å². The molecule has 0 radical (unpaired) electrons. The Hall–Kier alpha value is -0.610. The van der Waals surface area contributed by atoms with Gasteiger partial charge in [-0.1, -0.05) is 13.8 Å². The van der Waals surface area contributed by atoms with Crippen molar-refractivity contribution in [3.63, 3.8) is 0 Å². The van der Waals surface area contributed by atoms with Crippen molar-refractivity contribution in [3.05, 3.63) is 0 Å². The zero-order valence-electron chi connectivity index (χ0n) is 10.5. The molecule has 0 aliphatic heterocycles. The van der Waals surface area contributed by atoms with Crippen LogP contribution in [0.2, 0.25) is 0 Å². The average molecular weight is 229 g/mol. The molecule has 2 N–H and O–H groups in total. The Balaban J connectivity index is 2.71. The van der Waals surface area contributed by atoms with Crippen molar-refractivity contribution >= 4 is 5.97 Å². The van der Waals surface area contributed by atoms with Crippen molar-refractivity contribution in [2.24, 2.45) is 0 Å². The first-order valence-corrected chi connectivity index (χ1v) is 6.13. The molecule has 1 aliphatic rings. The average Bonchev–Trinajstić information content (AvgIpc) is 2.72. The van der Waals surface area contributed by atoms with Crippen molar-refractivity contribution in [2.45, 2.75) is 63.6 Å². The lowest BCUT2D eigenvalue weighted by Gasteiger charge is -2.33. The van der Waals surface area contributed by atoms with Crippen molar-refractivity contribution in [1.29, 1.82) is 0 Å². The minimum absolute atomic E-state index is 0.164. The number of ether oxygens (including phenoxy) is 1. The zero-order valence-corrected chi connectivity index (χ0v) is 10.5. The molecule has 0 aromatic heterocycles. The van der Waals surface area contributed by atoms with Gasteiger partial charge in [-0.25, -0.2) is 0 Å². The minimum Gasteiger partial charge on any atom is -0.480 e. The van der Waals surface area contributed by atoms with E-state index in [0.717, 1.165) is 19.3 Å². The maximum absolute atomic E-state index is 11.4. The van der Waals surface area contributed by atoms with Crippen LogP contribution in [0.1, 0.15) is 46.0 Å². The largest absolute Gasteiger partial charge is 0.480 e. The normalized spacial score (nSPS) is 25.9. The molecule has 1 rings (SSSR count). The SMILES string of the molecule is CCC(CC)(NC1CCCC1OC)C(=O)O. The van der Waals surface area contributed by atoms with Crippen LogP contribution in [0.4, 0.5) is 0 Å². The summed E-state index contributed by atoms with van der Waals surface area (Å²) < 4.78 is 5.38. The van der Waals surface area contributed by atoms with Gasteiger partial charge in [-0.05, 0) is 32.1 Å². The number of carboxylic acids is 1. The first-order chi connectivity index (χ1) is 7.59. The van der Waals surface area contributed by atoms with Gasteiger partial charge in [-0.15, -0.1) is 0 Å². The molecule has 0 saturated heterocycles. The molecule has 2 atom stereocenters. The molecule has 16 heavy (non-hydrogen) atoms. The van der Waals surface area contributed by atoms with Gasteiger partial charge in [0.2, 0.25) is 0 Å². The highest BCUT2D eigenvalue weighted by molar-refractivity contribution is 5.78. The van der Waals surface area contributed by atoms with Crippen molar-refractivity contribution in [1.82, 2.24) is 5.32 Å². The van der Waals surface area contributed by atoms with Crippen LogP contribution in [0.3, 0.4) is 0 Å². The second-order valence-corrected chi connectivity index (χ2v) is 4.55. The molecule has 94 valence electrons. The van der Waals surface area contributed by atoms with Crippen LogP contribution >= 0.6 is 0 Å². The predicted octanol–water partition coefficient (Wildman–Crippen LogP) is 1.79. The van der Waals surface area contributed by atoms with Crippen molar-refractivity contribution in [3.8, 4) is 0 Å². The van der Waals surface area contributed by atoms with E-state index in [9.17, 15) is 9.90 Å². The molecule has 0 aromatic rings. The van der Waals surface area contributed by atoms with Crippen LogP contribution < -0.4 is 5.32 Å². The minimum atomic E-state index is -0.786. The highest BCUT2D eigenvalue weighted by Crippen LogP contribution is 2.26.